The second-order valence-corrected chi connectivity index (χ2v) is 4.25. The number of nitrogens with zero attached hydrogens (tertiary/aromatic N) is 1. The van der Waals surface area contributed by atoms with Gasteiger partial charge < -0.3 is 0 Å². The molecular weight excluding hydrogens is 218 g/mol. The highest BCUT2D eigenvalue weighted by molar-refractivity contribution is 6.05. The largest absolute Gasteiger partial charge is 0.295 e. The van der Waals surface area contributed by atoms with Crippen LogP contribution in [0.15, 0.2) is 29.8 Å². The Bertz CT molecular complexity index is 531. The number of allylic oxidation sites excluding steroid dienone is 1. The van der Waals surface area contributed by atoms with E-state index < -0.39 is 5.92 Å². The summed E-state index contributed by atoms with van der Waals surface area (Å²) in [6.45, 7) is 3.11. The van der Waals surface area contributed by atoms with E-state index in [0.717, 1.165) is 16.7 Å². The summed E-state index contributed by atoms with van der Waals surface area (Å²) < 4.78 is 0. The molecule has 4 nitrogen and oxygen atoms in total. The third-order valence-corrected chi connectivity index (χ3v) is 3.20. The number of nitro groups is 1. The van der Waals surface area contributed by atoms with Crippen LogP contribution >= 0.6 is 0 Å². The third-order valence-electron chi connectivity index (χ3n) is 3.20. The van der Waals surface area contributed by atoms with Crippen LogP contribution < -0.4 is 0 Å². The van der Waals surface area contributed by atoms with E-state index in [0.29, 0.717) is 5.57 Å². The topological polar surface area (TPSA) is 60.2 Å². The zero-order valence-corrected chi connectivity index (χ0v) is 9.77. The molecule has 1 atom stereocenters. The van der Waals surface area contributed by atoms with Crippen LogP contribution in [0.1, 0.15) is 30.9 Å². The zero-order chi connectivity index (χ0) is 12.6. The van der Waals surface area contributed by atoms with Crippen LogP contribution in [0, 0.1) is 10.1 Å². The summed E-state index contributed by atoms with van der Waals surface area (Å²) in [6.07, 6.45) is 0. The highest BCUT2D eigenvalue weighted by Crippen LogP contribution is 2.41. The smallest absolute Gasteiger partial charge is 0.214 e. The standard InChI is InChI=1S/C13H13NO3/c1-8-10-5-3-4-6-11(10)12(7-14(16)17)13(8)9(2)15/h3-6,12H,7H2,1-2H3/t12-/m1/s1. The molecule has 0 radical (unpaired) electrons. The molecule has 0 aliphatic heterocycles. The van der Waals surface area contributed by atoms with Crippen LogP contribution in [0.2, 0.25) is 0 Å². The number of hydrogen-bond acceptors (Lipinski definition) is 3. The van der Waals surface area contributed by atoms with Crippen LogP contribution in [0.5, 0.6) is 0 Å². The maximum atomic E-state index is 11.6. The molecule has 88 valence electrons. The number of carbonyl (C=O) groups excluding carboxylic acids is 1. The van der Waals surface area contributed by atoms with Crippen LogP contribution in [0.4, 0.5) is 0 Å². The first-order valence-corrected chi connectivity index (χ1v) is 5.45. The molecule has 0 heterocycles. The van der Waals surface area contributed by atoms with Crippen molar-refractivity contribution in [1.82, 2.24) is 0 Å². The maximum absolute atomic E-state index is 11.6. The van der Waals surface area contributed by atoms with Crippen LogP contribution in [0.3, 0.4) is 0 Å². The molecular formula is C13H13NO3. The lowest BCUT2D eigenvalue weighted by atomic mass is 9.94. The van der Waals surface area contributed by atoms with E-state index in [9.17, 15) is 14.9 Å². The molecule has 0 saturated heterocycles. The van der Waals surface area contributed by atoms with E-state index in [2.05, 4.69) is 0 Å². The predicted molar refractivity (Wildman–Crippen MR) is 64.3 cm³/mol. The molecule has 0 aromatic heterocycles. The van der Waals surface area contributed by atoms with E-state index in [-0.39, 0.29) is 17.3 Å². The van der Waals surface area contributed by atoms with Crippen molar-refractivity contribution in [2.75, 3.05) is 6.54 Å². The van der Waals surface area contributed by atoms with Gasteiger partial charge in [0.1, 0.15) is 0 Å². The number of fused-ring (bicyclic) bond motifs is 1. The summed E-state index contributed by atoms with van der Waals surface area (Å²) in [4.78, 5) is 22.0. The first kappa shape index (κ1) is 11.5. The highest BCUT2D eigenvalue weighted by Gasteiger charge is 2.34. The number of carbonyl (C=O) groups is 1. The molecule has 0 amide bonds. The van der Waals surface area contributed by atoms with Crippen molar-refractivity contribution in [2.24, 2.45) is 0 Å². The monoisotopic (exact) mass is 231 g/mol. The minimum Gasteiger partial charge on any atom is -0.295 e. The minimum absolute atomic E-state index is 0.0782. The van der Waals surface area contributed by atoms with Crippen molar-refractivity contribution in [2.45, 2.75) is 19.8 Å². The van der Waals surface area contributed by atoms with Crippen LogP contribution in [0.25, 0.3) is 5.57 Å². The maximum Gasteiger partial charge on any atom is 0.214 e. The van der Waals surface area contributed by atoms with Crippen molar-refractivity contribution in [3.63, 3.8) is 0 Å². The van der Waals surface area contributed by atoms with Gasteiger partial charge >= 0.3 is 0 Å². The van der Waals surface area contributed by atoms with Crippen LogP contribution in [-0.4, -0.2) is 17.3 Å². The predicted octanol–water partition coefficient (Wildman–Crippen LogP) is 2.42. The fourth-order valence-electron chi connectivity index (χ4n) is 2.55. The highest BCUT2D eigenvalue weighted by atomic mass is 16.6. The Morgan fingerprint density at radius 3 is 2.65 bits per heavy atom. The molecule has 0 saturated carbocycles. The van der Waals surface area contributed by atoms with Gasteiger partial charge in [0.25, 0.3) is 0 Å². The number of Topliss-reactive ketones (excluding diaryl/α,β-unsaturated/α-hetero) is 1. The third kappa shape index (κ3) is 1.86. The second-order valence-electron chi connectivity index (χ2n) is 4.25. The summed E-state index contributed by atoms with van der Waals surface area (Å²) in [6, 6.07) is 7.51. The Balaban J connectivity index is 2.55. The lowest BCUT2D eigenvalue weighted by molar-refractivity contribution is -0.481. The average molecular weight is 231 g/mol. The molecule has 17 heavy (non-hydrogen) atoms. The first-order valence-electron chi connectivity index (χ1n) is 5.45. The van der Waals surface area contributed by atoms with E-state index in [1.54, 1.807) is 0 Å². The summed E-state index contributed by atoms with van der Waals surface area (Å²) in [5.41, 5.74) is 3.32. The van der Waals surface area contributed by atoms with Gasteiger partial charge in [0, 0.05) is 10.5 Å². The Morgan fingerprint density at radius 1 is 1.41 bits per heavy atom. The summed E-state index contributed by atoms with van der Waals surface area (Å²) in [5.74, 6) is -0.468. The van der Waals surface area contributed by atoms with Gasteiger partial charge in [-0.15, -0.1) is 0 Å². The SMILES string of the molecule is CC(=O)C1=C(C)c2ccccc2[C@H]1C[N+](=O)[O-]. The van der Waals surface area contributed by atoms with Crippen molar-refractivity contribution in [1.29, 1.82) is 0 Å². The molecule has 0 fully saturated rings. The van der Waals surface area contributed by atoms with E-state index in [1.807, 2.05) is 31.2 Å². The van der Waals surface area contributed by atoms with Gasteiger partial charge in [-0.25, -0.2) is 0 Å². The Kier molecular flexibility index (Phi) is 2.79. The second kappa shape index (κ2) is 4.13. The molecule has 1 aliphatic rings. The fraction of sp³-hybridized carbons (Fsp3) is 0.308. The minimum atomic E-state index is -0.390. The number of benzene rings is 1. The summed E-state index contributed by atoms with van der Waals surface area (Å²) in [5, 5.41) is 10.7. The molecule has 2 rings (SSSR count). The van der Waals surface area contributed by atoms with Crippen molar-refractivity contribution in [3.05, 3.63) is 51.1 Å². The van der Waals surface area contributed by atoms with Gasteiger partial charge in [0.05, 0.1) is 5.92 Å². The average Bonchev–Trinajstić information content (AvgIpc) is 2.52. The normalized spacial score (nSPS) is 18.1. The summed E-state index contributed by atoms with van der Waals surface area (Å²) >= 11 is 0. The molecule has 1 aliphatic carbocycles. The van der Waals surface area contributed by atoms with E-state index in [1.165, 1.54) is 6.92 Å². The quantitative estimate of drug-likeness (QED) is 0.593. The fourth-order valence-corrected chi connectivity index (χ4v) is 2.55. The van der Waals surface area contributed by atoms with Gasteiger partial charge in [0.15, 0.2) is 5.78 Å². The van der Waals surface area contributed by atoms with Gasteiger partial charge in [-0.3, -0.25) is 14.9 Å². The molecule has 0 spiro atoms. The molecule has 0 N–H and O–H groups in total. The first-order chi connectivity index (χ1) is 8.02. The van der Waals surface area contributed by atoms with Crippen molar-refractivity contribution >= 4 is 11.4 Å². The van der Waals surface area contributed by atoms with Crippen molar-refractivity contribution < 1.29 is 9.72 Å². The Hall–Kier alpha value is -1.97. The van der Waals surface area contributed by atoms with Gasteiger partial charge in [-0.1, -0.05) is 24.3 Å². The lowest BCUT2D eigenvalue weighted by Gasteiger charge is -2.09. The van der Waals surface area contributed by atoms with E-state index in [4.69, 9.17) is 0 Å². The van der Waals surface area contributed by atoms with Gasteiger partial charge in [0.2, 0.25) is 6.54 Å². The zero-order valence-electron chi connectivity index (χ0n) is 9.77. The molecule has 0 bridgehead atoms. The van der Waals surface area contributed by atoms with Gasteiger partial charge in [-0.05, 0) is 30.5 Å². The molecule has 0 unspecified atom stereocenters. The number of hydrogen-bond donors (Lipinski definition) is 0. The Labute approximate surface area is 99.1 Å². The molecule has 4 heteroatoms. The van der Waals surface area contributed by atoms with Crippen molar-refractivity contribution in [3.8, 4) is 0 Å². The number of ketones is 1. The molecule has 1 aromatic carbocycles. The Morgan fingerprint density at radius 2 is 2.06 bits per heavy atom. The summed E-state index contributed by atoms with van der Waals surface area (Å²) in [7, 11) is 0. The number of rotatable bonds is 3. The van der Waals surface area contributed by atoms with Crippen LogP contribution in [-0.2, 0) is 4.79 Å². The van der Waals surface area contributed by atoms with E-state index >= 15 is 0 Å². The molecule has 1 aromatic rings. The van der Waals surface area contributed by atoms with Gasteiger partial charge in [-0.2, -0.15) is 0 Å². The lowest BCUT2D eigenvalue weighted by Crippen LogP contribution is -2.16.